The number of likely N-dealkylation sites (N-methyl/N-ethyl adjacent to an activating group) is 1. The average molecular weight is 398 g/mol. The van der Waals surface area contributed by atoms with Gasteiger partial charge in [-0.2, -0.15) is 0 Å². The van der Waals surface area contributed by atoms with Crippen molar-refractivity contribution in [2.45, 2.75) is 13.8 Å². The third-order valence-corrected chi connectivity index (χ3v) is 5.14. The van der Waals surface area contributed by atoms with Gasteiger partial charge >= 0.3 is 0 Å². The largest absolute Gasteiger partial charge is 0.494 e. The van der Waals surface area contributed by atoms with Gasteiger partial charge in [0.1, 0.15) is 19.5 Å². The minimum atomic E-state index is -0.214. The lowest BCUT2D eigenvalue weighted by Gasteiger charge is -2.24. The van der Waals surface area contributed by atoms with Crippen LogP contribution in [-0.4, -0.2) is 56.2 Å². The van der Waals surface area contributed by atoms with E-state index in [0.717, 1.165) is 16.8 Å². The summed E-state index contributed by atoms with van der Waals surface area (Å²) in [6.07, 6.45) is 1.40. The van der Waals surface area contributed by atoms with Gasteiger partial charge in [-0.1, -0.05) is 11.3 Å². The van der Waals surface area contributed by atoms with Crippen molar-refractivity contribution in [2.75, 3.05) is 45.3 Å². The number of rotatable bonds is 5. The van der Waals surface area contributed by atoms with E-state index in [9.17, 15) is 4.79 Å². The quantitative estimate of drug-likeness (QED) is 0.775. The van der Waals surface area contributed by atoms with Crippen molar-refractivity contribution in [1.82, 2.24) is 9.88 Å². The predicted molar refractivity (Wildman–Crippen MR) is 107 cm³/mol. The first-order chi connectivity index (χ1) is 12.0. The lowest BCUT2D eigenvalue weighted by Crippen LogP contribution is -2.38. The summed E-state index contributed by atoms with van der Waals surface area (Å²) in [5, 5.41) is 0.682. The van der Waals surface area contributed by atoms with Crippen LogP contribution in [0.2, 0.25) is 0 Å². The van der Waals surface area contributed by atoms with Crippen molar-refractivity contribution in [3.63, 3.8) is 0 Å². The van der Waals surface area contributed by atoms with Crippen molar-refractivity contribution in [1.29, 1.82) is 0 Å². The summed E-state index contributed by atoms with van der Waals surface area (Å²) in [6, 6.07) is 4.19. The molecule has 1 aliphatic heterocycles. The molecule has 3 rings (SSSR count). The molecule has 0 aliphatic carbocycles. The Morgan fingerprint density at radius 2 is 1.92 bits per heavy atom. The van der Waals surface area contributed by atoms with Gasteiger partial charge in [0, 0.05) is 13.1 Å². The molecule has 8 heteroatoms. The summed E-state index contributed by atoms with van der Waals surface area (Å²) >= 11 is 1.52. The van der Waals surface area contributed by atoms with E-state index >= 15 is 0 Å². The fourth-order valence-corrected chi connectivity index (χ4v) is 3.55. The second-order valence-electron chi connectivity index (χ2n) is 6.36. The maximum absolute atomic E-state index is 12.9. The summed E-state index contributed by atoms with van der Waals surface area (Å²) in [4.78, 5) is 21.3. The zero-order chi connectivity index (χ0) is 18.0. The topological polar surface area (TPSA) is 54.9 Å². The van der Waals surface area contributed by atoms with Crippen molar-refractivity contribution < 1.29 is 14.3 Å². The Morgan fingerprint density at radius 3 is 2.58 bits per heavy atom. The smallest absolute Gasteiger partial charge is 0.298 e. The molecule has 0 N–H and O–H groups in total. The van der Waals surface area contributed by atoms with E-state index in [0.29, 0.717) is 24.9 Å². The third kappa shape index (κ3) is 4.47. The van der Waals surface area contributed by atoms with E-state index < -0.39 is 0 Å². The molecule has 0 atom stereocenters. The van der Waals surface area contributed by atoms with E-state index in [1.54, 1.807) is 4.90 Å². The second kappa shape index (κ2) is 8.70. The highest BCUT2D eigenvalue weighted by molar-refractivity contribution is 7.22. The minimum absolute atomic E-state index is 0. The normalized spacial score (nSPS) is 13.7. The number of hydrogen-bond acceptors (Lipinski definition) is 6. The molecule has 0 bridgehead atoms. The lowest BCUT2D eigenvalue weighted by atomic mass is 10.1. The highest BCUT2D eigenvalue weighted by Crippen LogP contribution is 2.31. The lowest BCUT2D eigenvalue weighted by molar-refractivity contribution is -0.119. The van der Waals surface area contributed by atoms with Crippen LogP contribution in [0.15, 0.2) is 24.2 Å². The average Bonchev–Trinajstić information content (AvgIpc) is 2.98. The fourth-order valence-electron chi connectivity index (χ4n) is 2.48. The Morgan fingerprint density at radius 1 is 1.19 bits per heavy atom. The van der Waals surface area contributed by atoms with Gasteiger partial charge in [0.2, 0.25) is 5.76 Å². The molecule has 2 aromatic rings. The number of nitrogens with zero attached hydrogens (tertiary/aromatic N) is 3. The van der Waals surface area contributed by atoms with Gasteiger partial charge in [0.15, 0.2) is 5.13 Å². The van der Waals surface area contributed by atoms with Crippen molar-refractivity contribution >= 4 is 45.0 Å². The number of aryl methyl sites for hydroxylation is 2. The van der Waals surface area contributed by atoms with E-state index in [1.165, 1.54) is 28.7 Å². The molecule has 1 aromatic carbocycles. The van der Waals surface area contributed by atoms with Crippen LogP contribution in [0.3, 0.4) is 0 Å². The van der Waals surface area contributed by atoms with Gasteiger partial charge in [0.25, 0.3) is 5.91 Å². The highest BCUT2D eigenvalue weighted by atomic mass is 35.5. The Balaban J connectivity index is 0.00000243. The molecule has 1 aliphatic rings. The third-order valence-electron chi connectivity index (χ3n) is 4.10. The van der Waals surface area contributed by atoms with Crippen molar-refractivity contribution in [3.05, 3.63) is 35.3 Å². The zero-order valence-electron chi connectivity index (χ0n) is 15.4. The van der Waals surface area contributed by atoms with Crippen LogP contribution in [0.5, 0.6) is 0 Å². The Kier molecular flexibility index (Phi) is 6.86. The van der Waals surface area contributed by atoms with E-state index in [-0.39, 0.29) is 24.1 Å². The number of fused-ring (bicyclic) bond motifs is 1. The van der Waals surface area contributed by atoms with Crippen LogP contribution in [0.25, 0.3) is 10.2 Å². The highest BCUT2D eigenvalue weighted by Gasteiger charge is 2.26. The van der Waals surface area contributed by atoms with Crippen molar-refractivity contribution in [2.24, 2.45) is 0 Å². The molecule has 142 valence electrons. The van der Waals surface area contributed by atoms with Gasteiger partial charge < -0.3 is 14.4 Å². The number of amides is 1. The van der Waals surface area contributed by atoms with Gasteiger partial charge in [-0.3, -0.25) is 9.69 Å². The molecular weight excluding hydrogens is 374 g/mol. The summed E-state index contributed by atoms with van der Waals surface area (Å²) in [5.74, 6) is 0.0191. The number of halogens is 1. The molecule has 0 saturated heterocycles. The van der Waals surface area contributed by atoms with Gasteiger partial charge in [0.05, 0.1) is 10.2 Å². The number of aromatic nitrogens is 1. The molecule has 1 aromatic heterocycles. The van der Waals surface area contributed by atoms with Gasteiger partial charge in [-0.05, 0) is 51.2 Å². The monoisotopic (exact) mass is 397 g/mol. The molecule has 26 heavy (non-hydrogen) atoms. The molecular formula is C18H24ClN3O3S. The van der Waals surface area contributed by atoms with Crippen LogP contribution in [0, 0.1) is 13.8 Å². The number of carbonyl (C=O) groups is 1. The summed E-state index contributed by atoms with van der Waals surface area (Å²) in [7, 11) is 3.96. The Hall–Kier alpha value is -1.83. The predicted octanol–water partition coefficient (Wildman–Crippen LogP) is 3.12. The summed E-state index contributed by atoms with van der Waals surface area (Å²) in [5.41, 5.74) is 3.34. The fraction of sp³-hybridized carbons (Fsp3) is 0.444. The van der Waals surface area contributed by atoms with Gasteiger partial charge in [-0.25, -0.2) is 4.98 Å². The van der Waals surface area contributed by atoms with Crippen molar-refractivity contribution in [3.8, 4) is 0 Å². The van der Waals surface area contributed by atoms with E-state index in [4.69, 9.17) is 14.5 Å². The first kappa shape index (κ1) is 20.5. The number of benzene rings is 1. The maximum atomic E-state index is 12.9. The van der Waals surface area contributed by atoms with E-state index in [1.807, 2.05) is 19.0 Å². The molecule has 2 heterocycles. The SMILES string of the molecule is Cc1cc2nc(N(CCN(C)C)C(=O)C3=COCCO3)sc2cc1C.Cl. The summed E-state index contributed by atoms with van der Waals surface area (Å²) < 4.78 is 11.8. The molecule has 0 saturated carbocycles. The number of thiazole rings is 1. The van der Waals surface area contributed by atoms with Crippen LogP contribution in [0.1, 0.15) is 11.1 Å². The Bertz CT molecular complexity index is 780. The van der Waals surface area contributed by atoms with Gasteiger partial charge in [-0.15, -0.1) is 12.4 Å². The van der Waals surface area contributed by atoms with Crippen LogP contribution < -0.4 is 4.90 Å². The molecule has 0 radical (unpaired) electrons. The number of carbonyl (C=O) groups excluding carboxylic acids is 1. The van der Waals surface area contributed by atoms with E-state index in [2.05, 4.69) is 26.0 Å². The number of ether oxygens (including phenoxy) is 2. The Labute approximate surface area is 163 Å². The summed E-state index contributed by atoms with van der Waals surface area (Å²) in [6.45, 7) is 6.27. The first-order valence-electron chi connectivity index (χ1n) is 8.24. The molecule has 0 unspecified atom stereocenters. The zero-order valence-corrected chi connectivity index (χ0v) is 17.1. The minimum Gasteiger partial charge on any atom is -0.494 e. The second-order valence-corrected chi connectivity index (χ2v) is 7.37. The first-order valence-corrected chi connectivity index (χ1v) is 9.06. The van der Waals surface area contributed by atoms with Crippen LogP contribution in [-0.2, 0) is 14.3 Å². The molecule has 0 fully saturated rings. The maximum Gasteiger partial charge on any atom is 0.298 e. The molecule has 1 amide bonds. The molecule has 6 nitrogen and oxygen atoms in total. The standard InChI is InChI=1S/C18H23N3O3S.ClH/c1-12-9-14-16(10-13(12)2)25-18(19-14)21(6-5-20(3)4)17(22)15-11-23-7-8-24-15;/h9-11H,5-8H2,1-4H3;1H. The number of hydrogen-bond donors (Lipinski definition) is 0. The molecule has 0 spiro atoms. The van der Waals surface area contributed by atoms with Crippen LogP contribution >= 0.6 is 23.7 Å². The van der Waals surface area contributed by atoms with Crippen LogP contribution in [0.4, 0.5) is 5.13 Å². The number of anilines is 1.